The van der Waals surface area contributed by atoms with Crippen molar-refractivity contribution in [2.45, 2.75) is 32.7 Å². The van der Waals surface area contributed by atoms with E-state index in [0.29, 0.717) is 12.5 Å². The van der Waals surface area contributed by atoms with Gasteiger partial charge >= 0.3 is 0 Å². The van der Waals surface area contributed by atoms with Crippen LogP contribution in [0.15, 0.2) is 48.5 Å². The smallest absolute Gasteiger partial charge is 0.279 e. The molecule has 0 aliphatic carbocycles. The molecule has 0 saturated heterocycles. The molecule has 0 bridgehead atoms. The van der Waals surface area contributed by atoms with E-state index in [1.54, 1.807) is 7.11 Å². The number of quaternary nitrogens is 1. The van der Waals surface area contributed by atoms with Gasteiger partial charge in [-0.2, -0.15) is 0 Å². The van der Waals surface area contributed by atoms with Gasteiger partial charge in [-0.25, -0.2) is 0 Å². The Labute approximate surface area is 150 Å². The van der Waals surface area contributed by atoms with E-state index in [0.717, 1.165) is 29.3 Å². The molecular formula is C21H29N2O2+. The van der Waals surface area contributed by atoms with Crippen LogP contribution >= 0.6 is 0 Å². The zero-order chi connectivity index (χ0) is 18.2. The lowest BCUT2D eigenvalue weighted by molar-refractivity contribution is -0.885. The van der Waals surface area contributed by atoms with Crippen LogP contribution in [0.2, 0.25) is 0 Å². The van der Waals surface area contributed by atoms with Gasteiger partial charge in [-0.1, -0.05) is 26.0 Å². The van der Waals surface area contributed by atoms with Gasteiger partial charge in [0.15, 0.2) is 6.54 Å². The summed E-state index contributed by atoms with van der Waals surface area (Å²) in [4.78, 5) is 13.4. The van der Waals surface area contributed by atoms with Crippen molar-refractivity contribution in [3.05, 3.63) is 59.7 Å². The highest BCUT2D eigenvalue weighted by Crippen LogP contribution is 2.20. The summed E-state index contributed by atoms with van der Waals surface area (Å²) in [6.07, 6.45) is 1.12. The van der Waals surface area contributed by atoms with Crippen molar-refractivity contribution < 1.29 is 14.4 Å². The molecule has 0 aromatic heterocycles. The Balaban J connectivity index is 1.84. The lowest BCUT2D eigenvalue weighted by Crippen LogP contribution is -3.08. The largest absolute Gasteiger partial charge is 0.497 e. The molecule has 0 spiro atoms. The monoisotopic (exact) mass is 341 g/mol. The quantitative estimate of drug-likeness (QED) is 0.775. The molecule has 0 saturated carbocycles. The molecule has 4 nitrogen and oxygen atoms in total. The zero-order valence-corrected chi connectivity index (χ0v) is 15.6. The van der Waals surface area contributed by atoms with E-state index in [1.165, 1.54) is 11.1 Å². The first-order valence-electron chi connectivity index (χ1n) is 8.85. The fourth-order valence-corrected chi connectivity index (χ4v) is 2.76. The minimum absolute atomic E-state index is 0.0299. The SMILES string of the molecule is CC[C@H](C)c1ccc(NC(=O)C[NH+](C)Cc2ccc(OC)cc2)cc1. The molecule has 0 fully saturated rings. The van der Waals surface area contributed by atoms with Crippen LogP contribution in [-0.4, -0.2) is 26.6 Å². The van der Waals surface area contributed by atoms with Gasteiger partial charge in [-0.15, -0.1) is 0 Å². The number of amides is 1. The number of rotatable bonds is 8. The topological polar surface area (TPSA) is 42.8 Å². The number of carbonyl (C=O) groups is 1. The Hall–Kier alpha value is -2.33. The molecule has 0 heterocycles. The zero-order valence-electron chi connectivity index (χ0n) is 15.6. The average molecular weight is 341 g/mol. The summed E-state index contributed by atoms with van der Waals surface area (Å²) < 4.78 is 5.16. The van der Waals surface area contributed by atoms with Crippen LogP contribution in [0.1, 0.15) is 37.3 Å². The number of ether oxygens (including phenoxy) is 1. The second-order valence-corrected chi connectivity index (χ2v) is 6.64. The summed E-state index contributed by atoms with van der Waals surface area (Å²) in [6.45, 7) is 5.62. The van der Waals surface area contributed by atoms with Gasteiger partial charge in [0.2, 0.25) is 0 Å². The van der Waals surface area contributed by atoms with Gasteiger partial charge in [-0.3, -0.25) is 4.79 Å². The molecule has 2 N–H and O–H groups in total. The van der Waals surface area contributed by atoms with E-state index in [-0.39, 0.29) is 5.91 Å². The first-order chi connectivity index (χ1) is 12.0. The van der Waals surface area contributed by atoms with Crippen molar-refractivity contribution in [1.82, 2.24) is 0 Å². The summed E-state index contributed by atoms with van der Waals surface area (Å²) in [6, 6.07) is 16.1. The number of benzene rings is 2. The van der Waals surface area contributed by atoms with Crippen molar-refractivity contribution in [1.29, 1.82) is 0 Å². The first kappa shape index (κ1) is 19.0. The van der Waals surface area contributed by atoms with Crippen LogP contribution < -0.4 is 15.0 Å². The van der Waals surface area contributed by atoms with Crippen molar-refractivity contribution in [3.8, 4) is 5.75 Å². The molecule has 25 heavy (non-hydrogen) atoms. The van der Waals surface area contributed by atoms with E-state index in [1.807, 2.05) is 43.4 Å². The number of hydrogen-bond acceptors (Lipinski definition) is 2. The molecular weight excluding hydrogens is 312 g/mol. The minimum Gasteiger partial charge on any atom is -0.497 e. The van der Waals surface area contributed by atoms with Gasteiger partial charge in [0.25, 0.3) is 5.91 Å². The number of likely N-dealkylation sites (N-methyl/N-ethyl adjacent to an activating group) is 1. The predicted molar refractivity (Wildman–Crippen MR) is 102 cm³/mol. The van der Waals surface area contributed by atoms with Crippen LogP contribution in [0.5, 0.6) is 5.75 Å². The Morgan fingerprint density at radius 2 is 1.76 bits per heavy atom. The minimum atomic E-state index is 0.0299. The average Bonchev–Trinajstić information content (AvgIpc) is 2.62. The van der Waals surface area contributed by atoms with Crippen molar-refractivity contribution in [3.63, 3.8) is 0 Å². The molecule has 1 amide bonds. The molecule has 0 radical (unpaired) electrons. The summed E-state index contributed by atoms with van der Waals surface area (Å²) >= 11 is 0. The maximum atomic E-state index is 12.2. The molecule has 2 aromatic rings. The predicted octanol–water partition coefficient (Wildman–Crippen LogP) is 2.86. The number of anilines is 1. The summed E-state index contributed by atoms with van der Waals surface area (Å²) in [5.41, 5.74) is 3.35. The summed E-state index contributed by atoms with van der Waals surface area (Å²) in [7, 11) is 3.68. The number of methoxy groups -OCH3 is 1. The van der Waals surface area contributed by atoms with Crippen molar-refractivity contribution in [2.24, 2.45) is 0 Å². The van der Waals surface area contributed by atoms with Crippen LogP contribution in [0.3, 0.4) is 0 Å². The van der Waals surface area contributed by atoms with Gasteiger partial charge in [0.05, 0.1) is 14.2 Å². The van der Waals surface area contributed by atoms with E-state index < -0.39 is 0 Å². The highest BCUT2D eigenvalue weighted by atomic mass is 16.5. The number of hydrogen-bond donors (Lipinski definition) is 2. The van der Waals surface area contributed by atoms with Crippen LogP contribution in [0.25, 0.3) is 0 Å². The fraction of sp³-hybridized carbons (Fsp3) is 0.381. The third-order valence-corrected chi connectivity index (χ3v) is 4.50. The van der Waals surface area contributed by atoms with Crippen LogP contribution in [-0.2, 0) is 11.3 Å². The van der Waals surface area contributed by atoms with Crippen molar-refractivity contribution >= 4 is 11.6 Å². The third-order valence-electron chi connectivity index (χ3n) is 4.50. The maximum Gasteiger partial charge on any atom is 0.279 e. The molecule has 0 aliphatic heterocycles. The maximum absolute atomic E-state index is 12.2. The third kappa shape index (κ3) is 5.91. The Morgan fingerprint density at radius 1 is 1.12 bits per heavy atom. The van der Waals surface area contributed by atoms with Crippen LogP contribution in [0.4, 0.5) is 5.69 Å². The number of carbonyl (C=O) groups excluding carboxylic acids is 1. The lowest BCUT2D eigenvalue weighted by Gasteiger charge is -2.15. The van der Waals surface area contributed by atoms with Crippen molar-refractivity contribution in [2.75, 3.05) is 26.0 Å². The molecule has 0 aliphatic rings. The Bertz CT molecular complexity index is 665. The van der Waals surface area contributed by atoms with E-state index >= 15 is 0 Å². The molecule has 1 unspecified atom stereocenters. The molecule has 4 heteroatoms. The molecule has 2 atom stereocenters. The Morgan fingerprint density at radius 3 is 2.32 bits per heavy atom. The highest BCUT2D eigenvalue weighted by molar-refractivity contribution is 5.91. The standard InChI is InChI=1S/C21H28N2O2/c1-5-16(2)18-8-10-19(11-9-18)22-21(24)15-23(3)14-17-6-12-20(25-4)13-7-17/h6-13,16H,5,14-15H2,1-4H3,(H,22,24)/p+1/t16-/m0/s1. The first-order valence-corrected chi connectivity index (χ1v) is 8.85. The van der Waals surface area contributed by atoms with E-state index in [9.17, 15) is 4.79 Å². The molecule has 2 rings (SSSR count). The van der Waals surface area contributed by atoms with Crippen LogP contribution in [0, 0.1) is 0 Å². The van der Waals surface area contributed by atoms with Gasteiger partial charge in [0.1, 0.15) is 12.3 Å². The van der Waals surface area contributed by atoms with Gasteiger partial charge in [-0.05, 0) is 54.3 Å². The van der Waals surface area contributed by atoms with E-state index in [2.05, 4.69) is 31.3 Å². The summed E-state index contributed by atoms with van der Waals surface area (Å²) in [5.74, 6) is 1.42. The van der Waals surface area contributed by atoms with Gasteiger partial charge in [0, 0.05) is 11.3 Å². The second kappa shape index (κ2) is 9.23. The lowest BCUT2D eigenvalue weighted by atomic mass is 9.99. The summed E-state index contributed by atoms with van der Waals surface area (Å²) in [5, 5.41) is 2.98. The van der Waals surface area contributed by atoms with E-state index in [4.69, 9.17) is 4.74 Å². The fourth-order valence-electron chi connectivity index (χ4n) is 2.76. The van der Waals surface area contributed by atoms with Gasteiger partial charge < -0.3 is 15.0 Å². The second-order valence-electron chi connectivity index (χ2n) is 6.64. The Kier molecular flexibility index (Phi) is 7.02. The number of nitrogens with one attached hydrogen (secondary N) is 2. The molecule has 134 valence electrons. The highest BCUT2D eigenvalue weighted by Gasteiger charge is 2.11. The molecule has 2 aromatic carbocycles. The normalized spacial score (nSPS) is 13.1.